The summed E-state index contributed by atoms with van der Waals surface area (Å²) in [4.78, 5) is 14.9. The van der Waals surface area contributed by atoms with E-state index in [1.807, 2.05) is 0 Å². The summed E-state index contributed by atoms with van der Waals surface area (Å²) in [5, 5.41) is 18.4. The average molecular weight is 277 g/mol. The summed E-state index contributed by atoms with van der Waals surface area (Å²) in [6.07, 6.45) is -4.51. The summed E-state index contributed by atoms with van der Waals surface area (Å²) in [7, 11) is 0. The van der Waals surface area contributed by atoms with Gasteiger partial charge in [-0.1, -0.05) is 0 Å². The zero-order valence-corrected chi connectivity index (χ0v) is 9.74. The molecule has 1 fully saturated rings. The molecule has 2 rings (SSSR count). The summed E-state index contributed by atoms with van der Waals surface area (Å²) < 4.78 is 33.1. The molecule has 1 aromatic rings. The number of anilines is 1. The van der Waals surface area contributed by atoms with Crippen molar-refractivity contribution in [2.45, 2.75) is 30.8 Å². The number of nitrogens with two attached hydrogens (primary N) is 1. The summed E-state index contributed by atoms with van der Waals surface area (Å²) in [5.74, 6) is -3.56. The van der Waals surface area contributed by atoms with Gasteiger partial charge in [-0.05, 0) is 6.07 Å². The van der Waals surface area contributed by atoms with Crippen molar-refractivity contribution in [3.05, 3.63) is 22.7 Å². The van der Waals surface area contributed by atoms with Crippen LogP contribution in [0.1, 0.15) is 12.6 Å². The van der Waals surface area contributed by atoms with E-state index >= 15 is 0 Å². The third kappa shape index (κ3) is 2.57. The minimum Gasteiger partial charge on any atom is -0.394 e. The van der Waals surface area contributed by atoms with E-state index in [4.69, 9.17) is 15.6 Å². The molecule has 0 unspecified atom stereocenters. The highest BCUT2D eigenvalue weighted by Gasteiger charge is 2.51. The highest BCUT2D eigenvalue weighted by molar-refractivity contribution is 5.23. The number of nitrogens with zero attached hydrogens (tertiary/aromatic N) is 2. The standard InChI is InChI=1S/C10H13F2N3O4/c11-10(12)3-5(17)6(4-16)19-8(10)15-2-1-7(13)14-9(15)18/h1-2,5-6,8,16-17H,3-4H2,(H2,13,14,18)/t5-,6+,8+/m0/s1. The molecule has 7 nitrogen and oxygen atoms in total. The molecule has 0 radical (unpaired) electrons. The first-order chi connectivity index (χ1) is 8.85. The van der Waals surface area contributed by atoms with Crippen LogP contribution in [0.2, 0.25) is 0 Å². The van der Waals surface area contributed by atoms with Gasteiger partial charge in [0.2, 0.25) is 6.23 Å². The molecule has 1 aromatic heterocycles. The molecule has 0 spiro atoms. The second-order valence-corrected chi connectivity index (χ2v) is 4.28. The van der Waals surface area contributed by atoms with Crippen LogP contribution in [-0.4, -0.2) is 44.5 Å². The normalized spacial score (nSPS) is 30.2. The molecular weight excluding hydrogens is 264 g/mol. The number of aromatic nitrogens is 2. The molecule has 0 aliphatic carbocycles. The predicted molar refractivity (Wildman–Crippen MR) is 59.5 cm³/mol. The molecule has 2 heterocycles. The van der Waals surface area contributed by atoms with Crippen molar-refractivity contribution >= 4 is 5.82 Å². The Morgan fingerprint density at radius 2 is 2.32 bits per heavy atom. The van der Waals surface area contributed by atoms with Crippen molar-refractivity contribution < 1.29 is 23.7 Å². The van der Waals surface area contributed by atoms with Gasteiger partial charge in [0.15, 0.2) is 0 Å². The van der Waals surface area contributed by atoms with Gasteiger partial charge in [-0.2, -0.15) is 4.98 Å². The van der Waals surface area contributed by atoms with E-state index in [9.17, 15) is 18.7 Å². The van der Waals surface area contributed by atoms with Gasteiger partial charge < -0.3 is 20.7 Å². The Morgan fingerprint density at radius 1 is 1.63 bits per heavy atom. The van der Waals surface area contributed by atoms with E-state index in [0.717, 1.165) is 6.20 Å². The number of rotatable bonds is 2. The SMILES string of the molecule is Nc1ccn([C@@H]2O[C@H](CO)[C@@H](O)CC2(F)F)c(=O)n1. The lowest BCUT2D eigenvalue weighted by Crippen LogP contribution is -2.52. The number of nitrogen functional groups attached to an aromatic ring is 1. The second-order valence-electron chi connectivity index (χ2n) is 4.28. The zero-order valence-electron chi connectivity index (χ0n) is 9.74. The second kappa shape index (κ2) is 4.83. The molecule has 106 valence electrons. The molecule has 9 heteroatoms. The Morgan fingerprint density at radius 3 is 2.89 bits per heavy atom. The fraction of sp³-hybridized carbons (Fsp3) is 0.600. The molecule has 0 aromatic carbocycles. The largest absolute Gasteiger partial charge is 0.394 e. The van der Waals surface area contributed by atoms with Gasteiger partial charge in [0.1, 0.15) is 11.9 Å². The molecule has 0 saturated carbocycles. The number of hydrogen-bond acceptors (Lipinski definition) is 6. The maximum Gasteiger partial charge on any atom is 0.351 e. The van der Waals surface area contributed by atoms with Crippen molar-refractivity contribution in [3.63, 3.8) is 0 Å². The first kappa shape index (κ1) is 13.8. The molecule has 1 aliphatic rings. The molecule has 0 bridgehead atoms. The Balaban J connectivity index is 2.38. The number of alkyl halides is 2. The summed E-state index contributed by atoms with van der Waals surface area (Å²) in [5.41, 5.74) is 4.28. The lowest BCUT2D eigenvalue weighted by Gasteiger charge is -2.38. The number of hydrogen-bond donors (Lipinski definition) is 3. The van der Waals surface area contributed by atoms with Crippen LogP contribution in [0, 0.1) is 0 Å². The number of halogens is 2. The quantitative estimate of drug-likeness (QED) is 0.646. The van der Waals surface area contributed by atoms with Crippen LogP contribution in [0.4, 0.5) is 14.6 Å². The summed E-state index contributed by atoms with van der Waals surface area (Å²) in [6.45, 7) is -0.634. The molecule has 1 saturated heterocycles. The minimum absolute atomic E-state index is 0.0980. The predicted octanol–water partition coefficient (Wildman–Crippen LogP) is -0.899. The van der Waals surface area contributed by atoms with Crippen LogP contribution in [0.3, 0.4) is 0 Å². The van der Waals surface area contributed by atoms with E-state index < -0.39 is 43.1 Å². The van der Waals surface area contributed by atoms with Crippen LogP contribution in [-0.2, 0) is 4.74 Å². The fourth-order valence-electron chi connectivity index (χ4n) is 1.91. The van der Waals surface area contributed by atoms with E-state index in [1.54, 1.807) is 0 Å². The van der Waals surface area contributed by atoms with E-state index in [2.05, 4.69) is 4.98 Å². The van der Waals surface area contributed by atoms with Gasteiger partial charge in [0.05, 0.1) is 12.7 Å². The monoisotopic (exact) mass is 277 g/mol. The van der Waals surface area contributed by atoms with Crippen molar-refractivity contribution in [3.8, 4) is 0 Å². The lowest BCUT2D eigenvalue weighted by atomic mass is 10.0. The van der Waals surface area contributed by atoms with Crippen molar-refractivity contribution in [2.24, 2.45) is 0 Å². The van der Waals surface area contributed by atoms with Gasteiger partial charge in [-0.3, -0.25) is 4.57 Å². The molecule has 1 aliphatic heterocycles. The van der Waals surface area contributed by atoms with Crippen molar-refractivity contribution in [1.29, 1.82) is 0 Å². The summed E-state index contributed by atoms with van der Waals surface area (Å²) >= 11 is 0. The summed E-state index contributed by atoms with van der Waals surface area (Å²) in [6, 6.07) is 1.18. The minimum atomic E-state index is -3.47. The third-order valence-electron chi connectivity index (χ3n) is 2.86. The van der Waals surface area contributed by atoms with Gasteiger partial charge in [-0.25, -0.2) is 13.6 Å². The maximum absolute atomic E-state index is 13.8. The Bertz CT molecular complexity index is 522. The average Bonchev–Trinajstić information content (AvgIpc) is 2.29. The number of aliphatic hydroxyl groups is 2. The maximum atomic E-state index is 13.8. The third-order valence-corrected chi connectivity index (χ3v) is 2.86. The highest BCUT2D eigenvalue weighted by atomic mass is 19.3. The smallest absolute Gasteiger partial charge is 0.351 e. The molecule has 19 heavy (non-hydrogen) atoms. The zero-order chi connectivity index (χ0) is 14.2. The first-order valence-electron chi connectivity index (χ1n) is 5.52. The van der Waals surface area contributed by atoms with Gasteiger partial charge in [-0.15, -0.1) is 0 Å². The van der Waals surface area contributed by atoms with Crippen molar-refractivity contribution in [1.82, 2.24) is 9.55 Å². The molecule has 4 N–H and O–H groups in total. The number of aliphatic hydroxyl groups excluding tert-OH is 2. The highest BCUT2D eigenvalue weighted by Crippen LogP contribution is 2.39. The van der Waals surface area contributed by atoms with Crippen molar-refractivity contribution in [2.75, 3.05) is 12.3 Å². The molecular formula is C10H13F2N3O4. The van der Waals surface area contributed by atoms with Crippen LogP contribution in [0.15, 0.2) is 17.1 Å². The molecule has 3 atom stereocenters. The van der Waals surface area contributed by atoms with E-state index in [1.165, 1.54) is 6.07 Å². The van der Waals surface area contributed by atoms with Gasteiger partial charge >= 0.3 is 5.69 Å². The number of ether oxygens (including phenoxy) is 1. The van der Waals surface area contributed by atoms with Gasteiger partial charge in [0, 0.05) is 12.6 Å². The Labute approximate surface area is 106 Å². The van der Waals surface area contributed by atoms with E-state index in [0.29, 0.717) is 4.57 Å². The molecule has 0 amide bonds. The Kier molecular flexibility index (Phi) is 3.52. The van der Waals surface area contributed by atoms with Gasteiger partial charge in [0.25, 0.3) is 5.92 Å². The van der Waals surface area contributed by atoms with E-state index in [-0.39, 0.29) is 5.82 Å². The van der Waals surface area contributed by atoms with Crippen LogP contribution in [0.5, 0.6) is 0 Å². The van der Waals surface area contributed by atoms with Crippen LogP contribution < -0.4 is 11.4 Å². The first-order valence-corrected chi connectivity index (χ1v) is 5.52. The van der Waals surface area contributed by atoms with Crippen LogP contribution >= 0.6 is 0 Å². The van der Waals surface area contributed by atoms with Crippen LogP contribution in [0.25, 0.3) is 0 Å². The Hall–Kier alpha value is -1.58. The topological polar surface area (TPSA) is 111 Å². The fourth-order valence-corrected chi connectivity index (χ4v) is 1.91. The lowest BCUT2D eigenvalue weighted by molar-refractivity contribution is -0.269.